The van der Waals surface area contributed by atoms with E-state index >= 15 is 0 Å². The Hall–Kier alpha value is -2.86. The molecule has 6 heteroatoms. The van der Waals surface area contributed by atoms with Crippen LogP contribution < -0.4 is 0 Å². The largest absolute Gasteiger partial charge is 0.461 e. The predicted octanol–water partition coefficient (Wildman–Crippen LogP) is 5.22. The molecular formula is C22H22N2O3S. The molecule has 4 rings (SSSR count). The number of benzene rings is 1. The van der Waals surface area contributed by atoms with Crippen LogP contribution in [0.4, 0.5) is 0 Å². The van der Waals surface area contributed by atoms with Gasteiger partial charge in [0.15, 0.2) is 10.8 Å². The van der Waals surface area contributed by atoms with Crippen LogP contribution in [0.3, 0.4) is 0 Å². The van der Waals surface area contributed by atoms with E-state index in [0.717, 1.165) is 50.9 Å². The third-order valence-electron chi connectivity index (χ3n) is 4.76. The zero-order valence-electron chi connectivity index (χ0n) is 16.2. The second-order valence-corrected chi connectivity index (χ2v) is 7.69. The maximum Gasteiger partial charge on any atom is 0.228 e. The van der Waals surface area contributed by atoms with Gasteiger partial charge in [-0.15, -0.1) is 11.3 Å². The first-order valence-electron chi connectivity index (χ1n) is 9.29. The van der Waals surface area contributed by atoms with Crippen molar-refractivity contribution in [3.8, 4) is 10.8 Å². The summed E-state index contributed by atoms with van der Waals surface area (Å²) >= 11 is 1.49. The van der Waals surface area contributed by atoms with Gasteiger partial charge in [0.25, 0.3) is 0 Å². The molecule has 0 aliphatic carbocycles. The first-order valence-corrected chi connectivity index (χ1v) is 10.2. The summed E-state index contributed by atoms with van der Waals surface area (Å²) in [7, 11) is 1.83. The number of aryl methyl sites for hydroxylation is 2. The highest BCUT2D eigenvalue weighted by Gasteiger charge is 2.18. The molecule has 0 saturated carbocycles. The number of rotatable bonds is 6. The molecule has 4 aromatic rings. The smallest absolute Gasteiger partial charge is 0.228 e. The van der Waals surface area contributed by atoms with Crippen molar-refractivity contribution in [1.29, 1.82) is 0 Å². The van der Waals surface area contributed by atoms with E-state index in [1.807, 2.05) is 55.7 Å². The summed E-state index contributed by atoms with van der Waals surface area (Å²) < 4.78 is 11.6. The zero-order valence-corrected chi connectivity index (χ0v) is 17.0. The van der Waals surface area contributed by atoms with Gasteiger partial charge in [0.05, 0.1) is 12.1 Å². The summed E-state index contributed by atoms with van der Waals surface area (Å²) in [5.74, 6) is 2.55. The first kappa shape index (κ1) is 18.5. The number of para-hydroxylation sites is 1. The van der Waals surface area contributed by atoms with E-state index in [1.54, 1.807) is 4.90 Å². The summed E-state index contributed by atoms with van der Waals surface area (Å²) in [5, 5.41) is 3.79. The lowest BCUT2D eigenvalue weighted by atomic mass is 10.1. The van der Waals surface area contributed by atoms with E-state index in [4.69, 9.17) is 8.83 Å². The van der Waals surface area contributed by atoms with Gasteiger partial charge in [-0.1, -0.05) is 25.1 Å². The van der Waals surface area contributed by atoms with Crippen molar-refractivity contribution >= 4 is 28.2 Å². The van der Waals surface area contributed by atoms with E-state index in [2.05, 4.69) is 11.9 Å². The number of hydrogen-bond donors (Lipinski definition) is 0. The van der Waals surface area contributed by atoms with Crippen molar-refractivity contribution in [2.75, 3.05) is 7.05 Å². The highest BCUT2D eigenvalue weighted by Crippen LogP contribution is 2.28. The molecule has 1 amide bonds. The molecule has 5 nitrogen and oxygen atoms in total. The Kier molecular flexibility index (Phi) is 5.05. The lowest BCUT2D eigenvalue weighted by molar-refractivity contribution is -0.129. The molecule has 0 bridgehead atoms. The Labute approximate surface area is 167 Å². The predicted molar refractivity (Wildman–Crippen MR) is 110 cm³/mol. The minimum absolute atomic E-state index is 0.0276. The molecule has 0 spiro atoms. The monoisotopic (exact) mass is 394 g/mol. The van der Waals surface area contributed by atoms with Crippen molar-refractivity contribution in [2.45, 2.75) is 33.2 Å². The molecule has 144 valence electrons. The summed E-state index contributed by atoms with van der Waals surface area (Å²) in [6, 6.07) is 11.8. The molecule has 1 aromatic carbocycles. The lowest BCUT2D eigenvalue weighted by Crippen LogP contribution is -2.28. The molecule has 28 heavy (non-hydrogen) atoms. The molecule has 0 fully saturated rings. The van der Waals surface area contributed by atoms with Gasteiger partial charge in [-0.25, -0.2) is 4.98 Å². The minimum atomic E-state index is 0.0276. The number of carbonyl (C=O) groups is 1. The summed E-state index contributed by atoms with van der Waals surface area (Å²) in [6.45, 7) is 4.49. The Morgan fingerprint density at radius 1 is 1.18 bits per heavy atom. The van der Waals surface area contributed by atoms with Gasteiger partial charge in [-0.2, -0.15) is 0 Å². The van der Waals surface area contributed by atoms with Crippen LogP contribution in [0.15, 0.2) is 50.6 Å². The van der Waals surface area contributed by atoms with E-state index in [0.29, 0.717) is 6.54 Å². The third-order valence-corrected chi connectivity index (χ3v) is 5.66. The molecule has 0 saturated heterocycles. The number of carbonyl (C=O) groups excluding carboxylic acids is 1. The van der Waals surface area contributed by atoms with Crippen LogP contribution in [0.2, 0.25) is 0 Å². The van der Waals surface area contributed by atoms with Crippen molar-refractivity contribution < 1.29 is 13.6 Å². The van der Waals surface area contributed by atoms with Crippen LogP contribution in [0, 0.1) is 6.92 Å². The van der Waals surface area contributed by atoms with Crippen molar-refractivity contribution in [2.24, 2.45) is 0 Å². The van der Waals surface area contributed by atoms with Crippen molar-refractivity contribution in [3.05, 3.63) is 64.6 Å². The first-order chi connectivity index (χ1) is 13.5. The molecule has 0 radical (unpaired) electrons. The number of amides is 1. The van der Waals surface area contributed by atoms with Gasteiger partial charge in [-0.3, -0.25) is 4.79 Å². The van der Waals surface area contributed by atoms with Crippen molar-refractivity contribution in [3.63, 3.8) is 0 Å². The standard InChI is InChI=1S/C22H22N2O3S/c1-4-18-17(16-7-5-6-8-19(16)27-18)12-24(3)21(25)11-15-13-28-22(23-15)20-10-9-14(2)26-20/h5-10,13H,4,11-12H2,1-3H3. The lowest BCUT2D eigenvalue weighted by Gasteiger charge is -2.17. The van der Waals surface area contributed by atoms with E-state index in [9.17, 15) is 4.79 Å². The molecule has 3 aromatic heterocycles. The van der Waals surface area contributed by atoms with Gasteiger partial charge < -0.3 is 13.7 Å². The molecular weight excluding hydrogens is 372 g/mol. The maximum absolute atomic E-state index is 12.8. The SMILES string of the molecule is CCc1oc2ccccc2c1CN(C)C(=O)Cc1csc(-c2ccc(C)o2)n1. The van der Waals surface area contributed by atoms with Crippen LogP contribution >= 0.6 is 11.3 Å². The fourth-order valence-electron chi connectivity index (χ4n) is 3.27. The summed E-state index contributed by atoms with van der Waals surface area (Å²) in [4.78, 5) is 19.1. The fourth-order valence-corrected chi connectivity index (χ4v) is 4.05. The van der Waals surface area contributed by atoms with Crippen LogP contribution in [0.5, 0.6) is 0 Å². The van der Waals surface area contributed by atoms with Gasteiger partial charge in [0.2, 0.25) is 5.91 Å². The van der Waals surface area contributed by atoms with Crippen LogP contribution in [-0.4, -0.2) is 22.8 Å². The molecule has 3 heterocycles. The van der Waals surface area contributed by atoms with Gasteiger partial charge >= 0.3 is 0 Å². The number of likely N-dealkylation sites (N-methyl/N-ethyl adjacent to an activating group) is 1. The van der Waals surface area contributed by atoms with Crippen LogP contribution in [0.1, 0.15) is 29.7 Å². The number of aromatic nitrogens is 1. The number of furan rings is 2. The molecule has 0 atom stereocenters. The Morgan fingerprint density at radius 2 is 2.00 bits per heavy atom. The Morgan fingerprint density at radius 3 is 2.75 bits per heavy atom. The average Bonchev–Trinajstić information content (AvgIpc) is 3.40. The van der Waals surface area contributed by atoms with E-state index in [1.165, 1.54) is 11.3 Å². The van der Waals surface area contributed by atoms with Gasteiger partial charge in [-0.05, 0) is 25.1 Å². The second kappa shape index (κ2) is 7.64. The highest BCUT2D eigenvalue weighted by atomic mass is 32.1. The summed E-state index contributed by atoms with van der Waals surface area (Å²) in [6.07, 6.45) is 1.06. The molecule has 0 unspecified atom stereocenters. The molecule has 0 aliphatic heterocycles. The number of thiazole rings is 1. The van der Waals surface area contributed by atoms with E-state index in [-0.39, 0.29) is 12.3 Å². The Bertz CT molecular complexity index is 1120. The average molecular weight is 394 g/mol. The second-order valence-electron chi connectivity index (χ2n) is 6.83. The molecule has 0 aliphatic rings. The normalized spacial score (nSPS) is 11.2. The van der Waals surface area contributed by atoms with Gasteiger partial charge in [0, 0.05) is 36.3 Å². The Balaban J connectivity index is 1.48. The fraction of sp³-hybridized carbons (Fsp3) is 0.273. The summed E-state index contributed by atoms with van der Waals surface area (Å²) in [5.41, 5.74) is 2.71. The van der Waals surface area contributed by atoms with Crippen molar-refractivity contribution in [1.82, 2.24) is 9.88 Å². The van der Waals surface area contributed by atoms with Crippen LogP contribution in [0.25, 0.3) is 21.7 Å². The van der Waals surface area contributed by atoms with E-state index < -0.39 is 0 Å². The minimum Gasteiger partial charge on any atom is -0.461 e. The van der Waals surface area contributed by atoms with Crippen LogP contribution in [-0.2, 0) is 24.2 Å². The number of hydrogen-bond acceptors (Lipinski definition) is 5. The van der Waals surface area contributed by atoms with Gasteiger partial charge in [0.1, 0.15) is 17.1 Å². The number of fused-ring (bicyclic) bond motifs is 1. The molecule has 0 N–H and O–H groups in total. The third kappa shape index (κ3) is 3.60. The highest BCUT2D eigenvalue weighted by molar-refractivity contribution is 7.13. The zero-order chi connectivity index (χ0) is 19.7. The topological polar surface area (TPSA) is 59.5 Å². The quantitative estimate of drug-likeness (QED) is 0.450. The maximum atomic E-state index is 12.8. The number of nitrogens with zero attached hydrogens (tertiary/aromatic N) is 2.